The number of benzene rings is 3. The number of fused-ring (bicyclic) bond motifs is 1. The van der Waals surface area contributed by atoms with Crippen molar-refractivity contribution in [2.75, 3.05) is 0 Å². The summed E-state index contributed by atoms with van der Waals surface area (Å²) in [6.45, 7) is 3.26. The summed E-state index contributed by atoms with van der Waals surface area (Å²) in [7, 11) is 0. The number of carbonyl (C=O) groups is 1. The molecule has 29 heavy (non-hydrogen) atoms. The van der Waals surface area contributed by atoms with Crippen molar-refractivity contribution in [3.8, 4) is 0 Å². The number of non-ortho nitro benzene ring substituents is 1. The lowest BCUT2D eigenvalue weighted by Crippen LogP contribution is -2.20. The summed E-state index contributed by atoms with van der Waals surface area (Å²) in [4.78, 5) is 22.2. The van der Waals surface area contributed by atoms with Gasteiger partial charge in [-0.1, -0.05) is 48.5 Å². The molecule has 0 saturated carbocycles. The van der Waals surface area contributed by atoms with Gasteiger partial charge in [0.2, 0.25) is 0 Å². The lowest BCUT2D eigenvalue weighted by atomic mass is 9.87. The second kappa shape index (κ2) is 6.79. The molecule has 1 atom stereocenters. The molecule has 0 saturated heterocycles. The van der Waals surface area contributed by atoms with Gasteiger partial charge in [-0.2, -0.15) is 0 Å². The third-order valence-electron chi connectivity index (χ3n) is 5.40. The van der Waals surface area contributed by atoms with Crippen LogP contribution in [0.2, 0.25) is 0 Å². The number of carbonyl (C=O) groups excluding carboxylic acids is 1. The van der Waals surface area contributed by atoms with E-state index in [9.17, 15) is 20.0 Å². The highest BCUT2D eigenvalue weighted by molar-refractivity contribution is 6.07. The van der Waals surface area contributed by atoms with Gasteiger partial charge in [0.15, 0.2) is 5.78 Å². The normalized spacial score (nSPS) is 17.9. The molecule has 0 amide bonds. The Morgan fingerprint density at radius 3 is 2.10 bits per heavy atom. The third kappa shape index (κ3) is 3.05. The Labute approximate surface area is 168 Å². The fraction of sp³-hybridized carbons (Fsp3) is 0.125. The van der Waals surface area contributed by atoms with Gasteiger partial charge in [0.25, 0.3) is 5.69 Å². The van der Waals surface area contributed by atoms with Crippen LogP contribution in [0.15, 0.2) is 72.8 Å². The summed E-state index contributed by atoms with van der Waals surface area (Å²) in [5.74, 6) is -0.0139. The first-order valence-electron chi connectivity index (χ1n) is 9.24. The minimum absolute atomic E-state index is 0.00290. The molecule has 0 aliphatic heterocycles. The second-order valence-corrected chi connectivity index (χ2v) is 7.31. The van der Waals surface area contributed by atoms with Crippen molar-refractivity contribution in [3.63, 3.8) is 0 Å². The fourth-order valence-electron chi connectivity index (χ4n) is 3.99. The van der Waals surface area contributed by atoms with Crippen LogP contribution >= 0.6 is 0 Å². The number of nitro benzene ring substituents is 1. The van der Waals surface area contributed by atoms with Crippen LogP contribution in [0.1, 0.15) is 46.5 Å². The molecule has 4 rings (SSSR count). The minimum atomic E-state index is -1.26. The van der Waals surface area contributed by atoms with Crippen molar-refractivity contribution in [3.05, 3.63) is 111 Å². The first-order chi connectivity index (χ1) is 13.8. The van der Waals surface area contributed by atoms with E-state index in [2.05, 4.69) is 0 Å². The molecule has 0 heterocycles. The molecule has 5 nitrogen and oxygen atoms in total. The van der Waals surface area contributed by atoms with Crippen LogP contribution in [0.25, 0.3) is 11.1 Å². The fourth-order valence-corrected chi connectivity index (χ4v) is 3.99. The Kier molecular flexibility index (Phi) is 4.40. The molecule has 0 bridgehead atoms. The summed E-state index contributed by atoms with van der Waals surface area (Å²) in [6.07, 6.45) is 0. The topological polar surface area (TPSA) is 80.4 Å². The Bertz CT molecular complexity index is 1160. The first-order valence-corrected chi connectivity index (χ1v) is 9.24. The van der Waals surface area contributed by atoms with E-state index in [1.54, 1.807) is 31.2 Å². The van der Waals surface area contributed by atoms with Crippen molar-refractivity contribution >= 4 is 22.6 Å². The average Bonchev–Trinajstić information content (AvgIpc) is 2.95. The summed E-state index contributed by atoms with van der Waals surface area (Å²) in [6, 6.07) is 21.1. The van der Waals surface area contributed by atoms with Gasteiger partial charge in [0.05, 0.1) is 4.92 Å². The van der Waals surface area contributed by atoms with Gasteiger partial charge in [-0.05, 0) is 53.8 Å². The van der Waals surface area contributed by atoms with E-state index in [1.165, 1.54) is 19.1 Å². The highest BCUT2D eigenvalue weighted by atomic mass is 16.6. The van der Waals surface area contributed by atoms with Crippen molar-refractivity contribution in [1.29, 1.82) is 0 Å². The van der Waals surface area contributed by atoms with Crippen LogP contribution < -0.4 is 0 Å². The van der Waals surface area contributed by atoms with Crippen LogP contribution in [-0.4, -0.2) is 15.8 Å². The molecule has 1 aliphatic rings. The van der Waals surface area contributed by atoms with E-state index in [4.69, 9.17) is 0 Å². The van der Waals surface area contributed by atoms with Crippen LogP contribution in [0.3, 0.4) is 0 Å². The third-order valence-corrected chi connectivity index (χ3v) is 5.40. The highest BCUT2D eigenvalue weighted by Gasteiger charge is 2.40. The maximum Gasteiger partial charge on any atom is 0.269 e. The van der Waals surface area contributed by atoms with Gasteiger partial charge in [-0.3, -0.25) is 14.9 Å². The van der Waals surface area contributed by atoms with Crippen molar-refractivity contribution in [2.24, 2.45) is 0 Å². The lowest BCUT2D eigenvalue weighted by Gasteiger charge is -2.24. The molecular formula is C24H19NO4. The van der Waals surface area contributed by atoms with Gasteiger partial charge in [-0.25, -0.2) is 0 Å². The number of nitro groups is 1. The smallest absolute Gasteiger partial charge is 0.269 e. The first kappa shape index (κ1) is 18.8. The number of Topliss-reactive ketones (excluding diaryl/α,β-unsaturated/α-hetero) is 1. The Morgan fingerprint density at radius 1 is 0.931 bits per heavy atom. The predicted octanol–water partition coefficient (Wildman–Crippen LogP) is 4.98. The predicted molar refractivity (Wildman–Crippen MR) is 111 cm³/mol. The van der Waals surface area contributed by atoms with Gasteiger partial charge in [0.1, 0.15) is 5.60 Å². The van der Waals surface area contributed by atoms with E-state index < -0.39 is 10.5 Å². The van der Waals surface area contributed by atoms with Crippen LogP contribution in [-0.2, 0) is 5.60 Å². The SMILES string of the molecule is CC(=O)c1ccc(C2=C(c3ccc([N+](=O)[O-])cc3)C(C)(O)c3ccccc32)cc1. The molecule has 0 fully saturated rings. The van der Waals surface area contributed by atoms with Crippen LogP contribution in [0.4, 0.5) is 5.69 Å². The van der Waals surface area contributed by atoms with Gasteiger partial charge in [-0.15, -0.1) is 0 Å². The van der Waals surface area contributed by atoms with Gasteiger partial charge in [0, 0.05) is 23.3 Å². The molecule has 5 heteroatoms. The molecule has 0 radical (unpaired) electrons. The van der Waals surface area contributed by atoms with Gasteiger partial charge >= 0.3 is 0 Å². The number of aliphatic hydroxyl groups is 1. The van der Waals surface area contributed by atoms with Crippen molar-refractivity contribution in [1.82, 2.24) is 0 Å². The maximum absolute atomic E-state index is 11.6. The molecule has 1 unspecified atom stereocenters. The minimum Gasteiger partial charge on any atom is -0.381 e. The Hall–Kier alpha value is -3.57. The monoisotopic (exact) mass is 385 g/mol. The van der Waals surface area contributed by atoms with Crippen molar-refractivity contribution in [2.45, 2.75) is 19.4 Å². The largest absolute Gasteiger partial charge is 0.381 e. The van der Waals surface area contributed by atoms with E-state index in [0.717, 1.165) is 22.3 Å². The molecule has 3 aromatic rings. The Balaban J connectivity index is 1.97. The Morgan fingerprint density at radius 2 is 1.52 bits per heavy atom. The molecule has 0 spiro atoms. The lowest BCUT2D eigenvalue weighted by molar-refractivity contribution is -0.384. The molecule has 1 aliphatic carbocycles. The standard InChI is InChI=1S/C24H19NO4/c1-15(26)16-7-9-17(10-8-16)22-20-5-3-4-6-21(20)24(2,27)23(22)18-11-13-19(14-12-18)25(28)29/h3-14,27H,1-2H3. The van der Waals surface area contributed by atoms with Gasteiger partial charge < -0.3 is 5.11 Å². The molecule has 144 valence electrons. The zero-order chi connectivity index (χ0) is 20.8. The van der Waals surface area contributed by atoms with Crippen LogP contribution in [0.5, 0.6) is 0 Å². The van der Waals surface area contributed by atoms with Crippen molar-refractivity contribution < 1.29 is 14.8 Å². The zero-order valence-electron chi connectivity index (χ0n) is 16.0. The molecule has 1 N–H and O–H groups in total. The summed E-state index contributed by atoms with van der Waals surface area (Å²) < 4.78 is 0. The maximum atomic E-state index is 11.6. The summed E-state index contributed by atoms with van der Waals surface area (Å²) >= 11 is 0. The summed E-state index contributed by atoms with van der Waals surface area (Å²) in [5.41, 5.74) is 4.15. The number of rotatable bonds is 4. The molecule has 3 aromatic carbocycles. The van der Waals surface area contributed by atoms with Crippen LogP contribution in [0, 0.1) is 10.1 Å². The number of hydrogen-bond acceptors (Lipinski definition) is 4. The zero-order valence-corrected chi connectivity index (χ0v) is 16.0. The quantitative estimate of drug-likeness (QED) is 0.390. The molecular weight excluding hydrogens is 366 g/mol. The van der Waals surface area contributed by atoms with E-state index >= 15 is 0 Å². The second-order valence-electron chi connectivity index (χ2n) is 7.31. The number of nitrogens with zero attached hydrogens (tertiary/aromatic N) is 1. The number of ketones is 1. The highest BCUT2D eigenvalue weighted by Crippen LogP contribution is 2.51. The average molecular weight is 385 g/mol. The molecule has 0 aromatic heterocycles. The number of hydrogen-bond donors (Lipinski definition) is 1. The summed E-state index contributed by atoms with van der Waals surface area (Å²) in [5, 5.41) is 22.5. The van der Waals surface area contributed by atoms with E-state index in [0.29, 0.717) is 16.7 Å². The van der Waals surface area contributed by atoms with E-state index in [1.807, 2.05) is 36.4 Å². The van der Waals surface area contributed by atoms with E-state index in [-0.39, 0.29) is 11.5 Å².